The second kappa shape index (κ2) is 31.6. The van der Waals surface area contributed by atoms with Crippen LogP contribution in [0.15, 0.2) is 0 Å². The van der Waals surface area contributed by atoms with Gasteiger partial charge in [-0.2, -0.15) is 0 Å². The minimum absolute atomic E-state index is 0. The Morgan fingerprint density at radius 3 is 0.806 bits per heavy atom. The van der Waals surface area contributed by atoms with Crippen LogP contribution in [0.4, 0.5) is 0 Å². The molecule has 0 radical (unpaired) electrons. The maximum Gasteiger partial charge on any atom is 0.303 e. The largest absolute Gasteiger partial charge is 0.481 e. The Morgan fingerprint density at radius 2 is 0.613 bits per heavy atom. The summed E-state index contributed by atoms with van der Waals surface area (Å²) < 4.78 is 0. The van der Waals surface area contributed by atoms with Gasteiger partial charge in [-0.1, -0.05) is 129 Å². The molecule has 0 aliphatic heterocycles. The molecule has 0 unspecified atom stereocenters. The summed E-state index contributed by atoms with van der Waals surface area (Å²) in [4.78, 5) is 20.5. The van der Waals surface area contributed by atoms with E-state index in [9.17, 15) is 9.59 Å². The normalized spacial score (nSPS) is 10.1. The molecule has 0 rings (SSSR count). The zero-order chi connectivity index (χ0) is 22.7. The van der Waals surface area contributed by atoms with Gasteiger partial charge in [0.1, 0.15) is 0 Å². The van der Waals surface area contributed by atoms with Gasteiger partial charge in [0.25, 0.3) is 0 Å². The maximum atomic E-state index is 10.2. The predicted molar refractivity (Wildman–Crippen MR) is 128 cm³/mol. The molecule has 2 N–H and O–H groups in total. The third-order valence-corrected chi connectivity index (χ3v) is 5.49. The van der Waals surface area contributed by atoms with Crippen LogP contribution in [0.3, 0.4) is 0 Å². The van der Waals surface area contributed by atoms with Crippen molar-refractivity contribution in [3.63, 3.8) is 0 Å². The van der Waals surface area contributed by atoms with Gasteiger partial charge >= 0.3 is 11.9 Å². The monoisotopic (exact) mass is 484 g/mol. The maximum absolute atomic E-state index is 10.2. The standard InChI is InChI=1S/2C13H26O2.Fe/c2*1-2-3-4-5-6-7-8-9-10-11-12-13(14)15;/h2*2-12H2,1H3,(H,14,15);. The number of unbranched alkanes of at least 4 members (excludes halogenated alkanes) is 18. The first-order valence-corrected chi connectivity index (χ1v) is 13.0. The topological polar surface area (TPSA) is 74.6 Å². The average molecular weight is 485 g/mol. The van der Waals surface area contributed by atoms with Crippen LogP contribution in [0.2, 0.25) is 0 Å². The molecule has 0 bridgehead atoms. The molecule has 0 aliphatic rings. The Labute approximate surface area is 203 Å². The molecule has 0 fully saturated rings. The van der Waals surface area contributed by atoms with E-state index in [4.69, 9.17) is 10.2 Å². The third kappa shape index (κ3) is 40.4. The first-order valence-electron chi connectivity index (χ1n) is 13.0. The van der Waals surface area contributed by atoms with E-state index in [0.29, 0.717) is 12.8 Å². The fourth-order valence-corrected chi connectivity index (χ4v) is 3.53. The molecule has 0 aromatic heterocycles. The van der Waals surface area contributed by atoms with Gasteiger partial charge in [-0.05, 0) is 12.8 Å². The fourth-order valence-electron chi connectivity index (χ4n) is 3.53. The molecule has 0 aromatic rings. The minimum Gasteiger partial charge on any atom is -0.481 e. The first-order chi connectivity index (χ1) is 14.5. The van der Waals surface area contributed by atoms with Crippen molar-refractivity contribution in [1.82, 2.24) is 0 Å². The van der Waals surface area contributed by atoms with E-state index < -0.39 is 11.9 Å². The van der Waals surface area contributed by atoms with Gasteiger partial charge < -0.3 is 10.2 Å². The Kier molecular flexibility index (Phi) is 35.8. The molecule has 0 heterocycles. The Hall–Kier alpha value is -0.541. The van der Waals surface area contributed by atoms with Crippen molar-refractivity contribution in [2.45, 2.75) is 155 Å². The quantitative estimate of drug-likeness (QED) is 0.119. The van der Waals surface area contributed by atoms with Crippen LogP contribution in [-0.2, 0) is 26.7 Å². The van der Waals surface area contributed by atoms with Gasteiger partial charge in [0.05, 0.1) is 0 Å². The molecule has 0 saturated heterocycles. The van der Waals surface area contributed by atoms with Crippen molar-refractivity contribution >= 4 is 11.9 Å². The van der Waals surface area contributed by atoms with Crippen molar-refractivity contribution in [2.24, 2.45) is 0 Å². The van der Waals surface area contributed by atoms with Gasteiger partial charge in [0, 0.05) is 29.9 Å². The van der Waals surface area contributed by atoms with E-state index in [0.717, 1.165) is 25.7 Å². The summed E-state index contributed by atoms with van der Waals surface area (Å²) in [7, 11) is 0. The number of aliphatic carboxylic acids is 2. The van der Waals surface area contributed by atoms with Gasteiger partial charge in [-0.25, -0.2) is 0 Å². The van der Waals surface area contributed by atoms with Gasteiger partial charge in [0.2, 0.25) is 0 Å². The average Bonchev–Trinajstić information content (AvgIpc) is 2.71. The van der Waals surface area contributed by atoms with Crippen LogP contribution in [0.1, 0.15) is 155 Å². The van der Waals surface area contributed by atoms with E-state index in [1.807, 2.05) is 0 Å². The molecule has 4 nitrogen and oxygen atoms in total. The van der Waals surface area contributed by atoms with E-state index in [-0.39, 0.29) is 17.1 Å². The zero-order valence-corrected chi connectivity index (χ0v) is 21.7. The number of hydrogen-bond acceptors (Lipinski definition) is 2. The number of carboxylic acid groups (broad SMARTS) is 2. The Balaban J connectivity index is -0.000000490. The molecular formula is C26H52FeO4. The van der Waals surface area contributed by atoms with Crippen molar-refractivity contribution in [1.29, 1.82) is 0 Å². The van der Waals surface area contributed by atoms with Crippen LogP contribution in [-0.4, -0.2) is 22.2 Å². The van der Waals surface area contributed by atoms with Gasteiger partial charge in [-0.15, -0.1) is 0 Å². The molecule has 0 spiro atoms. The number of carboxylic acids is 2. The van der Waals surface area contributed by atoms with Gasteiger partial charge in [-0.3, -0.25) is 9.59 Å². The second-order valence-corrected chi connectivity index (χ2v) is 8.65. The number of hydrogen-bond donors (Lipinski definition) is 2. The summed E-state index contributed by atoms with van der Waals surface area (Å²) in [6.07, 6.45) is 25.8. The van der Waals surface area contributed by atoms with Crippen LogP contribution in [0.5, 0.6) is 0 Å². The number of rotatable bonds is 22. The van der Waals surface area contributed by atoms with E-state index in [1.165, 1.54) is 103 Å². The molecule has 0 atom stereocenters. The molecule has 0 amide bonds. The molecule has 31 heavy (non-hydrogen) atoms. The van der Waals surface area contributed by atoms with E-state index in [1.54, 1.807) is 0 Å². The SMILES string of the molecule is CCCCCCCCCCCCC(=O)O.CCCCCCCCCCCCC(=O)O.[Fe]. The molecular weight excluding hydrogens is 432 g/mol. The molecule has 0 aromatic carbocycles. The molecule has 188 valence electrons. The second-order valence-electron chi connectivity index (χ2n) is 8.65. The molecule has 5 heteroatoms. The summed E-state index contributed by atoms with van der Waals surface area (Å²) in [5, 5.41) is 16.9. The van der Waals surface area contributed by atoms with Crippen LogP contribution in [0.25, 0.3) is 0 Å². The van der Waals surface area contributed by atoms with E-state index in [2.05, 4.69) is 13.8 Å². The summed E-state index contributed by atoms with van der Waals surface area (Å²) in [6.45, 7) is 4.48. The van der Waals surface area contributed by atoms with Gasteiger partial charge in [0.15, 0.2) is 0 Å². The molecule has 0 saturated carbocycles. The van der Waals surface area contributed by atoms with Crippen LogP contribution in [0, 0.1) is 0 Å². The Bertz CT molecular complexity index is 327. The van der Waals surface area contributed by atoms with Crippen molar-refractivity contribution in [3.8, 4) is 0 Å². The smallest absolute Gasteiger partial charge is 0.303 e. The minimum atomic E-state index is -0.658. The summed E-state index contributed by atoms with van der Waals surface area (Å²) in [5.41, 5.74) is 0. The Morgan fingerprint density at radius 1 is 0.419 bits per heavy atom. The van der Waals surface area contributed by atoms with E-state index >= 15 is 0 Å². The summed E-state index contributed by atoms with van der Waals surface area (Å²) in [6, 6.07) is 0. The third-order valence-electron chi connectivity index (χ3n) is 5.49. The predicted octanol–water partition coefficient (Wildman–Crippen LogP) is 8.76. The van der Waals surface area contributed by atoms with Crippen molar-refractivity contribution in [3.05, 3.63) is 0 Å². The summed E-state index contributed by atoms with van der Waals surface area (Å²) in [5.74, 6) is -1.32. The summed E-state index contributed by atoms with van der Waals surface area (Å²) >= 11 is 0. The molecule has 0 aliphatic carbocycles. The van der Waals surface area contributed by atoms with Crippen LogP contribution >= 0.6 is 0 Å². The zero-order valence-electron chi connectivity index (χ0n) is 20.6. The number of carbonyl (C=O) groups is 2. The van der Waals surface area contributed by atoms with Crippen molar-refractivity contribution in [2.75, 3.05) is 0 Å². The fraction of sp³-hybridized carbons (Fsp3) is 0.923. The van der Waals surface area contributed by atoms with Crippen molar-refractivity contribution < 1.29 is 36.9 Å². The first kappa shape index (κ1) is 35.1. The van der Waals surface area contributed by atoms with Crippen LogP contribution < -0.4 is 0 Å².